The maximum Gasteiger partial charge on any atom is 0.181 e. The van der Waals surface area contributed by atoms with Gasteiger partial charge < -0.3 is 9.72 Å². The lowest BCUT2D eigenvalue weighted by molar-refractivity contribution is 0.306. The SMILES string of the molecule is S=c1[nH]ccn1-c1cccc(OCc2ccccc2)c1. The topological polar surface area (TPSA) is 29.9 Å². The van der Waals surface area contributed by atoms with Crippen LogP contribution < -0.4 is 4.74 Å². The first-order valence-electron chi connectivity index (χ1n) is 6.36. The predicted molar refractivity (Wildman–Crippen MR) is 81.7 cm³/mol. The Morgan fingerprint density at radius 2 is 1.90 bits per heavy atom. The van der Waals surface area contributed by atoms with Crippen molar-refractivity contribution in [3.8, 4) is 11.4 Å². The molecule has 0 fully saturated rings. The Labute approximate surface area is 122 Å². The molecule has 3 nitrogen and oxygen atoms in total. The summed E-state index contributed by atoms with van der Waals surface area (Å²) in [6.07, 6.45) is 3.72. The van der Waals surface area contributed by atoms with Crippen LogP contribution in [0.1, 0.15) is 5.56 Å². The smallest absolute Gasteiger partial charge is 0.181 e. The fraction of sp³-hybridized carbons (Fsp3) is 0.0625. The van der Waals surface area contributed by atoms with Gasteiger partial charge in [-0.1, -0.05) is 36.4 Å². The van der Waals surface area contributed by atoms with Gasteiger partial charge in [-0.25, -0.2) is 0 Å². The van der Waals surface area contributed by atoms with Crippen LogP contribution in [0.5, 0.6) is 5.75 Å². The zero-order valence-corrected chi connectivity index (χ0v) is 11.6. The van der Waals surface area contributed by atoms with E-state index in [1.807, 2.05) is 71.6 Å². The number of hydrogen-bond donors (Lipinski definition) is 1. The molecule has 3 aromatic rings. The lowest BCUT2D eigenvalue weighted by Gasteiger charge is -2.08. The number of imidazole rings is 1. The average molecular weight is 282 g/mol. The van der Waals surface area contributed by atoms with Crippen LogP contribution in [0.25, 0.3) is 5.69 Å². The van der Waals surface area contributed by atoms with Crippen molar-refractivity contribution in [3.63, 3.8) is 0 Å². The zero-order chi connectivity index (χ0) is 13.8. The van der Waals surface area contributed by atoms with Gasteiger partial charge in [0.1, 0.15) is 12.4 Å². The molecule has 1 heterocycles. The number of nitrogens with one attached hydrogen (secondary N) is 1. The van der Waals surface area contributed by atoms with Crippen molar-refractivity contribution in [2.24, 2.45) is 0 Å². The predicted octanol–water partition coefficient (Wildman–Crippen LogP) is 4.11. The Morgan fingerprint density at radius 3 is 2.65 bits per heavy atom. The second kappa shape index (κ2) is 5.75. The summed E-state index contributed by atoms with van der Waals surface area (Å²) in [6, 6.07) is 18.0. The number of benzene rings is 2. The third-order valence-electron chi connectivity index (χ3n) is 2.99. The number of rotatable bonds is 4. The fourth-order valence-electron chi connectivity index (χ4n) is 1.99. The first-order valence-corrected chi connectivity index (χ1v) is 6.77. The molecule has 0 aliphatic carbocycles. The average Bonchev–Trinajstić information content (AvgIpc) is 2.93. The first-order chi connectivity index (χ1) is 9.83. The molecular weight excluding hydrogens is 268 g/mol. The van der Waals surface area contributed by atoms with E-state index in [2.05, 4.69) is 4.98 Å². The summed E-state index contributed by atoms with van der Waals surface area (Å²) >= 11 is 5.22. The van der Waals surface area contributed by atoms with Crippen molar-refractivity contribution < 1.29 is 4.74 Å². The van der Waals surface area contributed by atoms with Crippen molar-refractivity contribution in [3.05, 3.63) is 77.3 Å². The molecule has 1 N–H and O–H groups in total. The van der Waals surface area contributed by atoms with Gasteiger partial charge in [0.25, 0.3) is 0 Å². The van der Waals surface area contributed by atoms with Gasteiger partial charge >= 0.3 is 0 Å². The van der Waals surface area contributed by atoms with Gasteiger partial charge in [-0.3, -0.25) is 4.57 Å². The van der Waals surface area contributed by atoms with E-state index >= 15 is 0 Å². The summed E-state index contributed by atoms with van der Waals surface area (Å²) in [7, 11) is 0. The minimum atomic E-state index is 0.558. The Hall–Kier alpha value is -2.33. The van der Waals surface area contributed by atoms with Gasteiger partial charge in [0.15, 0.2) is 4.77 Å². The molecule has 4 heteroatoms. The fourth-order valence-corrected chi connectivity index (χ4v) is 2.22. The van der Waals surface area contributed by atoms with Gasteiger partial charge in [-0.15, -0.1) is 0 Å². The van der Waals surface area contributed by atoms with E-state index in [4.69, 9.17) is 17.0 Å². The molecule has 0 aliphatic heterocycles. The summed E-state index contributed by atoms with van der Waals surface area (Å²) in [6.45, 7) is 0.558. The number of nitrogens with zero attached hydrogens (tertiary/aromatic N) is 1. The molecule has 0 radical (unpaired) electrons. The number of aromatic nitrogens is 2. The minimum absolute atomic E-state index is 0.558. The highest BCUT2D eigenvalue weighted by molar-refractivity contribution is 7.71. The Bertz CT molecular complexity index is 746. The van der Waals surface area contributed by atoms with Crippen molar-refractivity contribution in [1.82, 2.24) is 9.55 Å². The summed E-state index contributed by atoms with van der Waals surface area (Å²) in [5.74, 6) is 0.828. The van der Waals surface area contributed by atoms with Crippen LogP contribution in [0.4, 0.5) is 0 Å². The quantitative estimate of drug-likeness (QED) is 0.730. The molecule has 2 aromatic carbocycles. The van der Waals surface area contributed by atoms with Crippen molar-refractivity contribution in [2.75, 3.05) is 0 Å². The molecule has 0 saturated carbocycles. The maximum absolute atomic E-state index is 5.81. The first kappa shape index (κ1) is 12.7. The number of H-pyrrole nitrogens is 1. The zero-order valence-electron chi connectivity index (χ0n) is 10.8. The van der Waals surface area contributed by atoms with E-state index in [1.54, 1.807) is 0 Å². The Kier molecular flexibility index (Phi) is 3.65. The number of ether oxygens (including phenoxy) is 1. The van der Waals surface area contributed by atoms with E-state index in [1.165, 1.54) is 0 Å². The van der Waals surface area contributed by atoms with Gasteiger partial charge in [-0.2, -0.15) is 0 Å². The molecule has 0 atom stereocenters. The highest BCUT2D eigenvalue weighted by Gasteiger charge is 2.01. The van der Waals surface area contributed by atoms with Crippen molar-refractivity contribution in [2.45, 2.75) is 6.61 Å². The molecule has 0 bridgehead atoms. The Balaban J connectivity index is 1.78. The van der Waals surface area contributed by atoms with Crippen LogP contribution in [-0.4, -0.2) is 9.55 Å². The molecule has 3 rings (SSSR count). The molecule has 0 saturated heterocycles. The molecule has 0 aliphatic rings. The lowest BCUT2D eigenvalue weighted by Crippen LogP contribution is -1.97. The van der Waals surface area contributed by atoms with E-state index in [0.717, 1.165) is 17.0 Å². The molecule has 20 heavy (non-hydrogen) atoms. The third kappa shape index (κ3) is 2.81. The van der Waals surface area contributed by atoms with Crippen LogP contribution in [-0.2, 0) is 6.61 Å². The van der Waals surface area contributed by atoms with Crippen molar-refractivity contribution in [1.29, 1.82) is 0 Å². The van der Waals surface area contributed by atoms with Gasteiger partial charge in [0, 0.05) is 18.5 Å². The molecule has 0 amide bonds. The molecular formula is C16H14N2OS. The second-order valence-electron chi connectivity index (χ2n) is 4.41. The van der Waals surface area contributed by atoms with E-state index in [9.17, 15) is 0 Å². The van der Waals surface area contributed by atoms with E-state index < -0.39 is 0 Å². The summed E-state index contributed by atoms with van der Waals surface area (Å²) in [5.41, 5.74) is 2.14. The van der Waals surface area contributed by atoms with Gasteiger partial charge in [0.05, 0.1) is 5.69 Å². The lowest BCUT2D eigenvalue weighted by atomic mass is 10.2. The number of hydrogen-bond acceptors (Lipinski definition) is 2. The highest BCUT2D eigenvalue weighted by atomic mass is 32.1. The molecule has 0 unspecified atom stereocenters. The summed E-state index contributed by atoms with van der Waals surface area (Å²) in [4.78, 5) is 2.98. The van der Waals surface area contributed by atoms with Crippen LogP contribution in [0, 0.1) is 4.77 Å². The van der Waals surface area contributed by atoms with E-state index in [-0.39, 0.29) is 0 Å². The maximum atomic E-state index is 5.81. The van der Waals surface area contributed by atoms with Crippen LogP contribution in [0.3, 0.4) is 0 Å². The van der Waals surface area contributed by atoms with E-state index in [0.29, 0.717) is 11.4 Å². The van der Waals surface area contributed by atoms with Gasteiger partial charge in [0.2, 0.25) is 0 Å². The summed E-state index contributed by atoms with van der Waals surface area (Å²) < 4.78 is 8.39. The van der Waals surface area contributed by atoms with Crippen molar-refractivity contribution >= 4 is 12.2 Å². The standard InChI is InChI=1S/C16H14N2OS/c20-16-17-9-10-18(16)14-7-4-8-15(11-14)19-12-13-5-2-1-3-6-13/h1-11H,12H2,(H,17,20). The molecule has 100 valence electrons. The minimum Gasteiger partial charge on any atom is -0.489 e. The largest absolute Gasteiger partial charge is 0.489 e. The van der Waals surface area contributed by atoms with Crippen LogP contribution in [0.15, 0.2) is 67.0 Å². The normalized spacial score (nSPS) is 10.4. The molecule has 0 spiro atoms. The van der Waals surface area contributed by atoms with Gasteiger partial charge in [-0.05, 0) is 29.9 Å². The highest BCUT2D eigenvalue weighted by Crippen LogP contribution is 2.18. The monoisotopic (exact) mass is 282 g/mol. The van der Waals surface area contributed by atoms with Crippen LogP contribution >= 0.6 is 12.2 Å². The Morgan fingerprint density at radius 1 is 1.05 bits per heavy atom. The molecule has 1 aromatic heterocycles. The van der Waals surface area contributed by atoms with Crippen LogP contribution in [0.2, 0.25) is 0 Å². The number of aromatic amines is 1. The third-order valence-corrected chi connectivity index (χ3v) is 3.31. The summed E-state index contributed by atoms with van der Waals surface area (Å²) in [5, 5.41) is 0. The second-order valence-corrected chi connectivity index (χ2v) is 4.79.